The number of nitrogens with zero attached hydrogens (tertiary/aromatic N) is 2. The smallest absolute Gasteiger partial charge is 0.225 e. The number of rotatable bonds is 5. The molecule has 3 aliphatic rings. The van der Waals surface area contributed by atoms with E-state index in [0.29, 0.717) is 25.6 Å². The lowest BCUT2D eigenvalue weighted by atomic mass is 9.84. The molecule has 1 aliphatic carbocycles. The van der Waals surface area contributed by atoms with Crippen LogP contribution in [-0.2, 0) is 11.3 Å². The van der Waals surface area contributed by atoms with E-state index >= 15 is 0 Å². The number of ether oxygens (including phenoxy) is 1. The largest absolute Gasteiger partial charge is 0.493 e. The number of nitrogens with one attached hydrogen (secondary N) is 1. The van der Waals surface area contributed by atoms with Gasteiger partial charge in [0.1, 0.15) is 11.6 Å². The maximum atomic E-state index is 14.0. The predicted octanol–water partition coefficient (Wildman–Crippen LogP) is 2.93. The van der Waals surface area contributed by atoms with E-state index in [4.69, 9.17) is 4.74 Å². The van der Waals surface area contributed by atoms with Gasteiger partial charge in [-0.2, -0.15) is 0 Å². The van der Waals surface area contributed by atoms with Gasteiger partial charge in [0.25, 0.3) is 0 Å². The van der Waals surface area contributed by atoms with Crippen molar-refractivity contribution in [3.8, 4) is 5.75 Å². The van der Waals surface area contributed by atoms with E-state index in [1.54, 1.807) is 24.5 Å². The van der Waals surface area contributed by atoms with E-state index in [0.717, 1.165) is 23.4 Å². The van der Waals surface area contributed by atoms with Crippen molar-refractivity contribution in [3.05, 3.63) is 59.7 Å². The Balaban J connectivity index is 1.37. The molecule has 1 saturated heterocycles. The highest BCUT2D eigenvalue weighted by atomic mass is 19.1. The number of amides is 1. The highest BCUT2D eigenvalue weighted by molar-refractivity contribution is 5.80. The molecule has 1 aromatic heterocycles. The Hall–Kier alpha value is -2.47. The number of hydrogen-bond donors (Lipinski definition) is 1. The van der Waals surface area contributed by atoms with E-state index in [1.807, 2.05) is 12.1 Å². The Morgan fingerprint density at radius 3 is 2.86 bits per heavy atom. The number of aromatic nitrogens is 1. The van der Waals surface area contributed by atoms with Crippen molar-refractivity contribution >= 4 is 5.91 Å². The molecular formula is C22H24FN3O2. The second-order valence-electron chi connectivity index (χ2n) is 8.18. The SMILES string of the molecule is O=C(NCc1ccncc1)[C@@H]1CN(CC2CC2)[C@H]2c3cc(F)ccc3OC[C@@H]12. The van der Waals surface area contributed by atoms with Crippen molar-refractivity contribution < 1.29 is 13.9 Å². The average Bonchev–Trinajstić information content (AvgIpc) is 3.45. The maximum Gasteiger partial charge on any atom is 0.225 e. The van der Waals surface area contributed by atoms with Crippen molar-refractivity contribution in [3.63, 3.8) is 0 Å². The molecule has 0 spiro atoms. The van der Waals surface area contributed by atoms with Crippen molar-refractivity contribution in [2.75, 3.05) is 19.7 Å². The zero-order valence-corrected chi connectivity index (χ0v) is 15.7. The van der Waals surface area contributed by atoms with E-state index < -0.39 is 0 Å². The molecule has 0 bridgehead atoms. The van der Waals surface area contributed by atoms with Crippen molar-refractivity contribution in [1.82, 2.24) is 15.2 Å². The summed E-state index contributed by atoms with van der Waals surface area (Å²) in [7, 11) is 0. The van der Waals surface area contributed by atoms with Gasteiger partial charge in [0, 0.05) is 49.6 Å². The van der Waals surface area contributed by atoms with Crippen LogP contribution in [0.3, 0.4) is 0 Å². The first-order chi connectivity index (χ1) is 13.7. The fourth-order valence-electron chi connectivity index (χ4n) is 4.61. The molecule has 28 heavy (non-hydrogen) atoms. The minimum Gasteiger partial charge on any atom is -0.493 e. The van der Waals surface area contributed by atoms with Crippen LogP contribution >= 0.6 is 0 Å². The Bertz CT molecular complexity index is 871. The van der Waals surface area contributed by atoms with Crippen LogP contribution in [0.5, 0.6) is 5.75 Å². The minimum atomic E-state index is -0.250. The number of likely N-dealkylation sites (tertiary alicyclic amines) is 1. The highest BCUT2D eigenvalue weighted by Gasteiger charge is 2.49. The van der Waals surface area contributed by atoms with Gasteiger partial charge in [-0.25, -0.2) is 4.39 Å². The zero-order chi connectivity index (χ0) is 19.1. The molecule has 6 heteroatoms. The van der Waals surface area contributed by atoms with Crippen molar-refractivity contribution in [2.45, 2.75) is 25.4 Å². The molecule has 0 radical (unpaired) electrons. The third-order valence-corrected chi connectivity index (χ3v) is 6.21. The molecule has 3 atom stereocenters. The molecule has 1 saturated carbocycles. The average molecular weight is 381 g/mol. The number of halogens is 1. The summed E-state index contributed by atoms with van der Waals surface area (Å²) >= 11 is 0. The van der Waals surface area contributed by atoms with Gasteiger partial charge in [-0.3, -0.25) is 14.7 Å². The Morgan fingerprint density at radius 1 is 1.25 bits per heavy atom. The van der Waals surface area contributed by atoms with Crippen LogP contribution in [0.1, 0.15) is 30.0 Å². The molecule has 3 heterocycles. The van der Waals surface area contributed by atoms with Gasteiger partial charge in [-0.1, -0.05) is 0 Å². The summed E-state index contributed by atoms with van der Waals surface area (Å²) < 4.78 is 19.9. The maximum absolute atomic E-state index is 14.0. The molecule has 146 valence electrons. The van der Waals surface area contributed by atoms with Crippen LogP contribution in [0.2, 0.25) is 0 Å². The van der Waals surface area contributed by atoms with E-state index in [1.165, 1.54) is 18.9 Å². The first-order valence-electron chi connectivity index (χ1n) is 10.0. The Labute approximate surface area is 163 Å². The zero-order valence-electron chi connectivity index (χ0n) is 15.7. The van der Waals surface area contributed by atoms with Gasteiger partial charge in [0.05, 0.1) is 12.5 Å². The fraction of sp³-hybridized carbons (Fsp3) is 0.455. The van der Waals surface area contributed by atoms with Gasteiger partial charge >= 0.3 is 0 Å². The number of carbonyl (C=O) groups is 1. The first-order valence-corrected chi connectivity index (χ1v) is 10.0. The molecule has 2 fully saturated rings. The van der Waals surface area contributed by atoms with Gasteiger partial charge < -0.3 is 10.1 Å². The number of fused-ring (bicyclic) bond motifs is 3. The fourth-order valence-corrected chi connectivity index (χ4v) is 4.61. The molecule has 1 amide bonds. The second kappa shape index (κ2) is 7.17. The molecule has 1 aromatic carbocycles. The molecule has 2 aliphatic heterocycles. The van der Waals surface area contributed by atoms with Crippen LogP contribution in [0.4, 0.5) is 4.39 Å². The lowest BCUT2D eigenvalue weighted by Gasteiger charge is -2.34. The van der Waals surface area contributed by atoms with Crippen molar-refractivity contribution in [1.29, 1.82) is 0 Å². The summed E-state index contributed by atoms with van der Waals surface area (Å²) in [6.07, 6.45) is 5.95. The van der Waals surface area contributed by atoms with Gasteiger partial charge in [0.15, 0.2) is 0 Å². The van der Waals surface area contributed by atoms with Crippen LogP contribution in [0.25, 0.3) is 0 Å². The number of hydrogen-bond acceptors (Lipinski definition) is 4. The van der Waals surface area contributed by atoms with Crippen molar-refractivity contribution in [2.24, 2.45) is 17.8 Å². The number of benzene rings is 1. The van der Waals surface area contributed by atoms with Gasteiger partial charge in [-0.05, 0) is 54.7 Å². The summed E-state index contributed by atoms with van der Waals surface area (Å²) in [5.74, 6) is 1.15. The lowest BCUT2D eigenvalue weighted by Crippen LogP contribution is -2.38. The third kappa shape index (κ3) is 3.37. The van der Waals surface area contributed by atoms with Crippen LogP contribution in [0.15, 0.2) is 42.7 Å². The lowest BCUT2D eigenvalue weighted by molar-refractivity contribution is -0.126. The summed E-state index contributed by atoms with van der Waals surface area (Å²) in [5, 5.41) is 3.08. The minimum absolute atomic E-state index is 0.0468. The third-order valence-electron chi connectivity index (χ3n) is 6.21. The molecular weight excluding hydrogens is 357 g/mol. The summed E-state index contributed by atoms with van der Waals surface area (Å²) in [6, 6.07) is 8.60. The van der Waals surface area contributed by atoms with Crippen LogP contribution in [0, 0.1) is 23.6 Å². The number of carbonyl (C=O) groups excluding carboxylic acids is 1. The molecule has 5 rings (SSSR count). The number of pyridine rings is 1. The highest BCUT2D eigenvalue weighted by Crippen LogP contribution is 2.49. The standard InChI is InChI=1S/C22H24FN3O2/c23-16-3-4-20-17(9-16)21-19(13-28-20)18(12-26(21)11-15-1-2-15)22(27)25-10-14-5-7-24-8-6-14/h3-9,15,18-19,21H,1-2,10-13H2,(H,25,27)/t18-,19+,21+/m1/s1. The summed E-state index contributed by atoms with van der Waals surface area (Å²) in [4.78, 5) is 19.4. The topological polar surface area (TPSA) is 54.5 Å². The molecule has 2 aromatic rings. The van der Waals surface area contributed by atoms with E-state index in [2.05, 4.69) is 15.2 Å². The molecule has 5 nitrogen and oxygen atoms in total. The molecule has 1 N–H and O–H groups in total. The van der Waals surface area contributed by atoms with Crippen LogP contribution in [-0.4, -0.2) is 35.5 Å². The normalized spacial score (nSPS) is 26.2. The molecule has 0 unspecified atom stereocenters. The predicted molar refractivity (Wildman–Crippen MR) is 102 cm³/mol. The van der Waals surface area contributed by atoms with E-state index in [9.17, 15) is 9.18 Å². The first kappa shape index (κ1) is 17.6. The summed E-state index contributed by atoms with van der Waals surface area (Å²) in [5.41, 5.74) is 1.92. The van der Waals surface area contributed by atoms with Crippen LogP contribution < -0.4 is 10.1 Å². The van der Waals surface area contributed by atoms with E-state index in [-0.39, 0.29) is 29.6 Å². The summed E-state index contributed by atoms with van der Waals surface area (Å²) in [6.45, 7) is 2.67. The monoisotopic (exact) mass is 381 g/mol. The second-order valence-corrected chi connectivity index (χ2v) is 8.18. The Morgan fingerprint density at radius 2 is 2.07 bits per heavy atom. The van der Waals surface area contributed by atoms with Gasteiger partial charge in [0.2, 0.25) is 5.91 Å². The Kier molecular flexibility index (Phi) is 4.51. The van der Waals surface area contributed by atoms with Gasteiger partial charge in [-0.15, -0.1) is 0 Å². The quantitative estimate of drug-likeness (QED) is 0.865.